The summed E-state index contributed by atoms with van der Waals surface area (Å²) in [6.07, 6.45) is 0. The highest BCUT2D eigenvalue weighted by Gasteiger charge is 2.26. The van der Waals surface area contributed by atoms with E-state index in [1.54, 1.807) is 31.2 Å². The monoisotopic (exact) mass is 420 g/mol. The zero-order valence-electron chi connectivity index (χ0n) is 15.5. The third-order valence-corrected chi connectivity index (χ3v) is 5.57. The van der Waals surface area contributed by atoms with E-state index in [-0.39, 0.29) is 50.1 Å². The average Bonchev–Trinajstić information content (AvgIpc) is 3.13. The molecule has 2 heterocycles. The Labute approximate surface area is 173 Å². The van der Waals surface area contributed by atoms with E-state index in [1.807, 2.05) is 0 Å². The molecule has 5 rings (SSSR count). The highest BCUT2D eigenvalue weighted by Crippen LogP contribution is 2.39. The van der Waals surface area contributed by atoms with Crippen LogP contribution in [0.3, 0.4) is 0 Å². The number of phenols is 2. The summed E-state index contributed by atoms with van der Waals surface area (Å²) >= 11 is 6.20. The number of carbonyl (C=O) groups is 2. The van der Waals surface area contributed by atoms with E-state index >= 15 is 0 Å². The van der Waals surface area contributed by atoms with Gasteiger partial charge in [0.05, 0.1) is 16.3 Å². The molecule has 4 aromatic rings. The van der Waals surface area contributed by atoms with Crippen LogP contribution >= 0.6 is 11.6 Å². The second-order valence-corrected chi connectivity index (χ2v) is 7.38. The van der Waals surface area contributed by atoms with Crippen molar-refractivity contribution in [3.05, 3.63) is 70.3 Å². The lowest BCUT2D eigenvalue weighted by Gasteiger charge is -2.10. The van der Waals surface area contributed by atoms with Crippen molar-refractivity contribution >= 4 is 45.0 Å². The number of hydrogen-bond acceptors (Lipinski definition) is 5. The number of phenolic OH excluding ortho intramolecular Hbond substituents is 2. The van der Waals surface area contributed by atoms with E-state index in [1.165, 1.54) is 18.2 Å². The summed E-state index contributed by atoms with van der Waals surface area (Å²) in [5.74, 6) is -1.23. The predicted octanol–water partition coefficient (Wildman–Crippen LogP) is 3.21. The number of aromatic hydroxyl groups is 2. The Balaban J connectivity index is 2.01. The summed E-state index contributed by atoms with van der Waals surface area (Å²) in [4.78, 5) is 33.6. The molecule has 1 aromatic heterocycles. The maximum Gasteiger partial charge on any atom is 0.281 e. The van der Waals surface area contributed by atoms with Gasteiger partial charge in [0, 0.05) is 16.2 Å². The van der Waals surface area contributed by atoms with Gasteiger partial charge in [-0.15, -0.1) is 11.6 Å². The topological polar surface area (TPSA) is 112 Å². The number of benzene rings is 3. The van der Waals surface area contributed by atoms with Crippen LogP contribution in [-0.4, -0.2) is 22.0 Å². The number of rotatable bonds is 0. The Bertz CT molecular complexity index is 1540. The Kier molecular flexibility index (Phi) is 3.91. The first-order chi connectivity index (χ1) is 14.4. The van der Waals surface area contributed by atoms with E-state index in [2.05, 4.69) is 9.98 Å². The molecule has 1 atom stereocenters. The second-order valence-electron chi connectivity index (χ2n) is 6.95. The summed E-state index contributed by atoms with van der Waals surface area (Å²) in [6, 6.07) is 11.1. The van der Waals surface area contributed by atoms with Crippen LogP contribution in [0.25, 0.3) is 21.5 Å². The van der Waals surface area contributed by atoms with Gasteiger partial charge >= 0.3 is 0 Å². The highest BCUT2D eigenvalue weighted by molar-refractivity contribution is 6.30. The molecule has 2 bridgehead atoms. The van der Waals surface area contributed by atoms with Crippen molar-refractivity contribution in [2.24, 2.45) is 9.98 Å². The lowest BCUT2D eigenvalue weighted by molar-refractivity contribution is -0.118. The van der Waals surface area contributed by atoms with Crippen molar-refractivity contribution in [3.8, 4) is 11.5 Å². The maximum absolute atomic E-state index is 12.9. The van der Waals surface area contributed by atoms with Gasteiger partial charge in [0.15, 0.2) is 5.38 Å². The van der Waals surface area contributed by atoms with Crippen LogP contribution in [-0.2, 0) is 4.79 Å². The minimum atomic E-state index is -1.22. The molecule has 8 heteroatoms. The van der Waals surface area contributed by atoms with Crippen LogP contribution < -0.4 is 10.7 Å². The van der Waals surface area contributed by atoms with Gasteiger partial charge in [0.1, 0.15) is 28.4 Å². The van der Waals surface area contributed by atoms with Gasteiger partial charge in [-0.25, -0.2) is 9.98 Å². The number of hydrogen-bond donors (Lipinski definition) is 2. The molecule has 1 aliphatic rings. The van der Waals surface area contributed by atoms with Gasteiger partial charge in [0.2, 0.25) is 0 Å². The number of halogens is 1. The Morgan fingerprint density at radius 3 is 2.40 bits per heavy atom. The lowest BCUT2D eigenvalue weighted by atomic mass is 10.00. The molecule has 0 saturated heterocycles. The number of fused-ring (bicyclic) bond motifs is 6. The predicted molar refractivity (Wildman–Crippen MR) is 108 cm³/mol. The molecular weight excluding hydrogens is 408 g/mol. The Morgan fingerprint density at radius 2 is 1.67 bits per heavy atom. The molecular formula is C22H13ClN2O5. The van der Waals surface area contributed by atoms with E-state index < -0.39 is 17.2 Å². The van der Waals surface area contributed by atoms with Gasteiger partial charge in [-0.2, -0.15) is 0 Å². The summed E-state index contributed by atoms with van der Waals surface area (Å²) in [7, 11) is 0. The fourth-order valence-electron chi connectivity index (χ4n) is 3.70. The van der Waals surface area contributed by atoms with Gasteiger partial charge in [-0.05, 0) is 25.1 Å². The smallest absolute Gasteiger partial charge is 0.281 e. The van der Waals surface area contributed by atoms with Crippen LogP contribution in [0, 0.1) is 6.92 Å². The largest absolute Gasteiger partial charge is 0.507 e. The van der Waals surface area contributed by atoms with Crippen molar-refractivity contribution in [2.75, 3.05) is 0 Å². The lowest BCUT2D eigenvalue weighted by Crippen LogP contribution is -2.29. The van der Waals surface area contributed by atoms with Gasteiger partial charge in [0.25, 0.3) is 11.8 Å². The molecule has 1 unspecified atom stereocenters. The van der Waals surface area contributed by atoms with E-state index in [0.29, 0.717) is 10.8 Å². The van der Waals surface area contributed by atoms with Crippen molar-refractivity contribution in [3.63, 3.8) is 0 Å². The molecule has 0 spiro atoms. The standard InChI is InChI=1S/C22H13ClN2O5/c1-9-13-8-15(30-9)17(23)22(29)24-14-7-6-12-16(18(14)25-21(13)28)20(27)11-5-3-2-4-10(11)19(12)26/h2-8,17,26-27H,1H3. The number of alkyl halides is 1. The summed E-state index contributed by atoms with van der Waals surface area (Å²) < 4.78 is 5.45. The summed E-state index contributed by atoms with van der Waals surface area (Å²) in [5, 5.41) is 21.8. The van der Waals surface area contributed by atoms with Crippen molar-refractivity contribution in [2.45, 2.75) is 12.3 Å². The normalized spacial score (nSPS) is 16.3. The maximum atomic E-state index is 12.9. The van der Waals surface area contributed by atoms with Crippen LogP contribution in [0.2, 0.25) is 0 Å². The summed E-state index contributed by atoms with van der Waals surface area (Å²) in [5.41, 5.74) is 0.151. The third kappa shape index (κ3) is 2.52. The quantitative estimate of drug-likeness (QED) is 0.258. The van der Waals surface area contributed by atoms with Crippen LogP contribution in [0.1, 0.15) is 27.3 Å². The van der Waals surface area contributed by atoms with Crippen molar-refractivity contribution < 1.29 is 24.2 Å². The molecule has 2 amide bonds. The van der Waals surface area contributed by atoms with Crippen LogP contribution in [0.4, 0.5) is 0 Å². The van der Waals surface area contributed by atoms with Crippen molar-refractivity contribution in [1.29, 1.82) is 0 Å². The second kappa shape index (κ2) is 6.40. The molecule has 0 saturated carbocycles. The number of nitrogens with zero attached hydrogens (tertiary/aromatic N) is 2. The Hall–Kier alpha value is -3.71. The van der Waals surface area contributed by atoms with E-state index in [4.69, 9.17) is 16.0 Å². The first kappa shape index (κ1) is 18.3. The van der Waals surface area contributed by atoms with E-state index in [9.17, 15) is 19.8 Å². The van der Waals surface area contributed by atoms with Crippen molar-refractivity contribution in [1.82, 2.24) is 0 Å². The number of amides is 2. The molecule has 30 heavy (non-hydrogen) atoms. The average molecular weight is 421 g/mol. The fraction of sp³-hybridized carbons (Fsp3) is 0.0909. The molecule has 3 aromatic carbocycles. The first-order valence-electron chi connectivity index (χ1n) is 9.02. The number of aryl methyl sites for hydroxylation is 1. The zero-order valence-corrected chi connectivity index (χ0v) is 16.3. The third-order valence-electron chi connectivity index (χ3n) is 5.16. The Morgan fingerprint density at radius 1 is 0.967 bits per heavy atom. The minimum Gasteiger partial charge on any atom is -0.507 e. The molecule has 0 radical (unpaired) electrons. The van der Waals surface area contributed by atoms with Gasteiger partial charge in [-0.1, -0.05) is 24.3 Å². The molecule has 148 valence electrons. The van der Waals surface area contributed by atoms with Gasteiger partial charge in [-0.3, -0.25) is 9.59 Å². The molecule has 2 N–H and O–H groups in total. The molecule has 1 aliphatic heterocycles. The fourth-order valence-corrected chi connectivity index (χ4v) is 3.85. The number of furan rings is 1. The van der Waals surface area contributed by atoms with Crippen LogP contribution in [0.15, 0.2) is 56.9 Å². The molecule has 0 fully saturated rings. The highest BCUT2D eigenvalue weighted by atomic mass is 35.5. The molecule has 7 nitrogen and oxygen atoms in total. The number of carbonyl (C=O) groups excluding carboxylic acids is 2. The first-order valence-corrected chi connectivity index (χ1v) is 9.46. The molecule has 0 aliphatic carbocycles. The summed E-state index contributed by atoms with van der Waals surface area (Å²) in [6.45, 7) is 1.57. The SMILES string of the molecule is Cc1oc2cc1C(=O)N=c1c(ccc3c(O)c4ccccc4c(O)c13)=NC(=O)C2Cl. The van der Waals surface area contributed by atoms with Gasteiger partial charge < -0.3 is 14.6 Å². The zero-order chi connectivity index (χ0) is 21.2. The van der Waals surface area contributed by atoms with E-state index in [0.717, 1.165) is 0 Å². The van der Waals surface area contributed by atoms with Crippen LogP contribution in [0.5, 0.6) is 11.5 Å². The minimum absolute atomic E-state index is 0.0303.